The average molecular weight is 277 g/mol. The number of hydrogen-bond donors (Lipinski definition) is 0. The van der Waals surface area contributed by atoms with Crippen LogP contribution in [0, 0.1) is 0 Å². The zero-order chi connectivity index (χ0) is 14.7. The molecule has 0 unspecified atom stereocenters. The second-order valence-electron chi connectivity index (χ2n) is 5.54. The van der Waals surface area contributed by atoms with Crippen LogP contribution in [0.2, 0.25) is 0 Å². The predicted octanol–water partition coefficient (Wildman–Crippen LogP) is 4.12. The molecule has 0 aliphatic rings. The minimum absolute atomic E-state index is 0.548. The largest absolute Gasteiger partial charge is 0.240 e. The third-order valence-corrected chi connectivity index (χ3v) is 3.67. The van der Waals surface area contributed by atoms with E-state index in [-0.39, 0.29) is 0 Å². The first-order valence-electron chi connectivity index (χ1n) is 7.27. The molecule has 1 heterocycles. The fourth-order valence-electron chi connectivity index (χ4n) is 2.39. The second kappa shape index (κ2) is 5.92. The molecule has 0 amide bonds. The molecular formula is C18H19N3. The molecule has 0 saturated heterocycles. The molecule has 3 heteroatoms. The Labute approximate surface area is 125 Å². The molecule has 0 fully saturated rings. The van der Waals surface area contributed by atoms with E-state index in [0.717, 1.165) is 17.8 Å². The van der Waals surface area contributed by atoms with Gasteiger partial charge >= 0.3 is 0 Å². The van der Waals surface area contributed by atoms with Gasteiger partial charge in [0.1, 0.15) is 0 Å². The third-order valence-electron chi connectivity index (χ3n) is 3.67. The van der Waals surface area contributed by atoms with E-state index in [1.165, 1.54) is 11.1 Å². The van der Waals surface area contributed by atoms with Gasteiger partial charge in [0.05, 0.1) is 18.4 Å². The van der Waals surface area contributed by atoms with Gasteiger partial charge in [-0.15, -0.1) is 5.10 Å². The molecule has 1 aromatic heterocycles. The summed E-state index contributed by atoms with van der Waals surface area (Å²) in [4.78, 5) is 0. The molecule has 0 radical (unpaired) electrons. The Morgan fingerprint density at radius 1 is 0.952 bits per heavy atom. The minimum atomic E-state index is 0.548. The molecule has 0 aliphatic carbocycles. The van der Waals surface area contributed by atoms with E-state index < -0.39 is 0 Å². The highest BCUT2D eigenvalue weighted by Crippen LogP contribution is 2.22. The minimum Gasteiger partial charge on any atom is -0.240 e. The maximum Gasteiger partial charge on any atom is 0.0889 e. The van der Waals surface area contributed by atoms with Crippen LogP contribution in [0.25, 0.3) is 11.3 Å². The van der Waals surface area contributed by atoms with Crippen LogP contribution in [0.1, 0.15) is 30.9 Å². The first-order chi connectivity index (χ1) is 10.2. The summed E-state index contributed by atoms with van der Waals surface area (Å²) in [5.74, 6) is 0.548. The van der Waals surface area contributed by atoms with Crippen molar-refractivity contribution in [1.29, 1.82) is 0 Å². The summed E-state index contributed by atoms with van der Waals surface area (Å²) >= 11 is 0. The maximum absolute atomic E-state index is 4.21. The molecule has 0 spiro atoms. The smallest absolute Gasteiger partial charge is 0.0889 e. The summed E-state index contributed by atoms with van der Waals surface area (Å²) < 4.78 is 1.94. The van der Waals surface area contributed by atoms with Gasteiger partial charge in [0, 0.05) is 5.56 Å². The molecule has 2 aromatic carbocycles. The van der Waals surface area contributed by atoms with Gasteiger partial charge in [0.15, 0.2) is 0 Å². The Kier molecular flexibility index (Phi) is 3.82. The Morgan fingerprint density at radius 2 is 1.67 bits per heavy atom. The highest BCUT2D eigenvalue weighted by atomic mass is 15.4. The fraction of sp³-hybridized carbons (Fsp3) is 0.222. The van der Waals surface area contributed by atoms with Crippen LogP contribution in [0.3, 0.4) is 0 Å². The Morgan fingerprint density at radius 3 is 2.33 bits per heavy atom. The maximum atomic E-state index is 4.21. The standard InChI is InChI=1S/C18H19N3/c1-14(2)16-8-10-17(11-9-16)18-12-19-20-21(18)13-15-6-4-3-5-7-15/h3-12,14H,13H2,1-2H3. The molecule has 0 bridgehead atoms. The van der Waals surface area contributed by atoms with Gasteiger partial charge in [0.25, 0.3) is 0 Å². The highest BCUT2D eigenvalue weighted by molar-refractivity contribution is 5.59. The van der Waals surface area contributed by atoms with Crippen molar-refractivity contribution < 1.29 is 0 Å². The monoisotopic (exact) mass is 277 g/mol. The molecule has 0 saturated carbocycles. The van der Waals surface area contributed by atoms with Crippen LogP contribution < -0.4 is 0 Å². The summed E-state index contributed by atoms with van der Waals surface area (Å²) in [5, 5.41) is 8.28. The van der Waals surface area contributed by atoms with E-state index in [0.29, 0.717) is 5.92 Å². The van der Waals surface area contributed by atoms with Crippen molar-refractivity contribution in [1.82, 2.24) is 15.0 Å². The molecule has 106 valence electrons. The lowest BCUT2D eigenvalue weighted by atomic mass is 10.0. The first kappa shape index (κ1) is 13.6. The van der Waals surface area contributed by atoms with E-state index in [9.17, 15) is 0 Å². The predicted molar refractivity (Wildman–Crippen MR) is 85.1 cm³/mol. The quantitative estimate of drug-likeness (QED) is 0.718. The zero-order valence-corrected chi connectivity index (χ0v) is 12.4. The van der Waals surface area contributed by atoms with E-state index in [4.69, 9.17) is 0 Å². The van der Waals surface area contributed by atoms with Crippen molar-refractivity contribution in [2.75, 3.05) is 0 Å². The zero-order valence-electron chi connectivity index (χ0n) is 12.4. The van der Waals surface area contributed by atoms with Crippen molar-refractivity contribution in [2.24, 2.45) is 0 Å². The van der Waals surface area contributed by atoms with Crippen LogP contribution >= 0.6 is 0 Å². The summed E-state index contributed by atoms with van der Waals surface area (Å²) in [6.07, 6.45) is 1.83. The van der Waals surface area contributed by atoms with Crippen molar-refractivity contribution in [2.45, 2.75) is 26.3 Å². The lowest BCUT2D eigenvalue weighted by Gasteiger charge is -2.09. The number of hydrogen-bond acceptors (Lipinski definition) is 2. The van der Waals surface area contributed by atoms with Gasteiger partial charge in [0.2, 0.25) is 0 Å². The normalized spacial score (nSPS) is 11.0. The van der Waals surface area contributed by atoms with Crippen LogP contribution in [0.4, 0.5) is 0 Å². The van der Waals surface area contributed by atoms with Crippen molar-refractivity contribution >= 4 is 0 Å². The van der Waals surface area contributed by atoms with Gasteiger partial charge in [-0.05, 0) is 17.0 Å². The number of rotatable bonds is 4. The third kappa shape index (κ3) is 3.02. The van der Waals surface area contributed by atoms with Crippen LogP contribution in [0.5, 0.6) is 0 Å². The first-order valence-corrected chi connectivity index (χ1v) is 7.27. The molecule has 3 nitrogen and oxygen atoms in total. The molecule has 21 heavy (non-hydrogen) atoms. The SMILES string of the molecule is CC(C)c1ccc(-c2cnnn2Cc2ccccc2)cc1. The van der Waals surface area contributed by atoms with Gasteiger partial charge < -0.3 is 0 Å². The van der Waals surface area contributed by atoms with Crippen molar-refractivity contribution in [3.8, 4) is 11.3 Å². The van der Waals surface area contributed by atoms with E-state index in [1.807, 2.05) is 29.1 Å². The molecular weight excluding hydrogens is 258 g/mol. The van der Waals surface area contributed by atoms with E-state index >= 15 is 0 Å². The topological polar surface area (TPSA) is 30.7 Å². The molecule has 3 rings (SSSR count). The van der Waals surface area contributed by atoms with Gasteiger partial charge in [-0.25, -0.2) is 4.68 Å². The van der Waals surface area contributed by atoms with Crippen LogP contribution in [-0.2, 0) is 6.54 Å². The van der Waals surface area contributed by atoms with Crippen molar-refractivity contribution in [3.05, 3.63) is 71.9 Å². The molecule has 0 atom stereocenters. The van der Waals surface area contributed by atoms with Crippen LogP contribution in [-0.4, -0.2) is 15.0 Å². The molecule has 0 N–H and O–H groups in total. The molecule has 0 aliphatic heterocycles. The number of benzene rings is 2. The van der Waals surface area contributed by atoms with Crippen LogP contribution in [0.15, 0.2) is 60.8 Å². The average Bonchev–Trinajstić information content (AvgIpc) is 2.96. The van der Waals surface area contributed by atoms with Gasteiger partial charge in [-0.1, -0.05) is 73.7 Å². The van der Waals surface area contributed by atoms with E-state index in [2.05, 4.69) is 60.6 Å². The second-order valence-corrected chi connectivity index (χ2v) is 5.54. The highest BCUT2D eigenvalue weighted by Gasteiger charge is 2.08. The number of nitrogens with zero attached hydrogens (tertiary/aromatic N) is 3. The summed E-state index contributed by atoms with van der Waals surface area (Å²) in [6, 6.07) is 19.0. The Hall–Kier alpha value is -2.42. The Bertz CT molecular complexity index is 697. The number of aromatic nitrogens is 3. The lowest BCUT2D eigenvalue weighted by Crippen LogP contribution is -2.04. The van der Waals surface area contributed by atoms with E-state index in [1.54, 1.807) is 0 Å². The summed E-state index contributed by atoms with van der Waals surface area (Å²) in [6.45, 7) is 5.15. The summed E-state index contributed by atoms with van der Waals surface area (Å²) in [7, 11) is 0. The van der Waals surface area contributed by atoms with Crippen molar-refractivity contribution in [3.63, 3.8) is 0 Å². The van der Waals surface area contributed by atoms with Gasteiger partial charge in [-0.2, -0.15) is 0 Å². The summed E-state index contributed by atoms with van der Waals surface area (Å²) in [5.41, 5.74) is 4.78. The Balaban J connectivity index is 1.88. The molecule has 3 aromatic rings. The van der Waals surface area contributed by atoms with Gasteiger partial charge in [-0.3, -0.25) is 0 Å². The lowest BCUT2D eigenvalue weighted by molar-refractivity contribution is 0.655. The fourth-order valence-corrected chi connectivity index (χ4v) is 2.39.